The highest BCUT2D eigenvalue weighted by molar-refractivity contribution is 9.10. The molecule has 2 rings (SSSR count). The van der Waals surface area contributed by atoms with Crippen molar-refractivity contribution < 1.29 is 9.90 Å². The second-order valence-electron chi connectivity index (χ2n) is 4.60. The molecule has 2 aromatic heterocycles. The van der Waals surface area contributed by atoms with Crippen molar-refractivity contribution in [1.82, 2.24) is 14.8 Å². The number of halogens is 1. The molecule has 8 heteroatoms. The van der Waals surface area contributed by atoms with Gasteiger partial charge >= 0.3 is 5.97 Å². The fourth-order valence-corrected chi connectivity index (χ4v) is 2.29. The van der Waals surface area contributed by atoms with E-state index in [-0.39, 0.29) is 4.47 Å². The molecule has 0 saturated heterocycles. The number of aliphatic carboxylic acids is 1. The van der Waals surface area contributed by atoms with E-state index in [1.807, 2.05) is 6.92 Å². The zero-order valence-corrected chi connectivity index (χ0v) is 13.4. The zero-order valence-electron chi connectivity index (χ0n) is 11.9. The van der Waals surface area contributed by atoms with Crippen molar-refractivity contribution in [1.29, 1.82) is 0 Å². The van der Waals surface area contributed by atoms with Crippen molar-refractivity contribution in [3.63, 3.8) is 0 Å². The third kappa shape index (κ3) is 3.51. The zero-order chi connectivity index (χ0) is 16.1. The van der Waals surface area contributed by atoms with Gasteiger partial charge in [0.25, 0.3) is 5.56 Å². The predicted molar refractivity (Wildman–Crippen MR) is 85.3 cm³/mol. The largest absolute Gasteiger partial charge is 0.480 e. The van der Waals surface area contributed by atoms with E-state index in [1.165, 1.54) is 6.20 Å². The van der Waals surface area contributed by atoms with E-state index < -0.39 is 17.6 Å². The number of hydrogen-bond acceptors (Lipinski definition) is 5. The van der Waals surface area contributed by atoms with E-state index in [1.54, 1.807) is 24.4 Å². The van der Waals surface area contributed by atoms with Crippen LogP contribution in [-0.4, -0.2) is 31.9 Å². The Morgan fingerprint density at radius 2 is 2.27 bits per heavy atom. The summed E-state index contributed by atoms with van der Waals surface area (Å²) in [6.07, 6.45) is 4.13. The number of carboxylic acid groups (broad SMARTS) is 1. The topological polar surface area (TPSA) is 97.1 Å². The molecular weight excluding hydrogens is 352 g/mol. The van der Waals surface area contributed by atoms with E-state index in [0.29, 0.717) is 24.3 Å². The molecule has 1 atom stereocenters. The second kappa shape index (κ2) is 7.17. The second-order valence-corrected chi connectivity index (χ2v) is 5.39. The van der Waals surface area contributed by atoms with Crippen LogP contribution in [-0.2, 0) is 4.79 Å². The van der Waals surface area contributed by atoms with Gasteiger partial charge in [0.2, 0.25) is 0 Å². The summed E-state index contributed by atoms with van der Waals surface area (Å²) in [7, 11) is 0. The Balaban J connectivity index is 2.35. The van der Waals surface area contributed by atoms with Gasteiger partial charge in [-0.05, 0) is 34.5 Å². The lowest BCUT2D eigenvalue weighted by Crippen LogP contribution is -2.31. The van der Waals surface area contributed by atoms with Gasteiger partial charge in [-0.3, -0.25) is 4.79 Å². The highest BCUT2D eigenvalue weighted by Gasteiger charge is 2.19. The molecule has 0 radical (unpaired) electrons. The maximum Gasteiger partial charge on any atom is 0.326 e. The average Bonchev–Trinajstić information content (AvgIpc) is 2.52. The SMILES string of the molecule is CCCC(Nc1cnn(-c2ccccn2)c(=O)c1Br)C(=O)O. The number of hydrogen-bond donors (Lipinski definition) is 2. The molecule has 0 aromatic carbocycles. The van der Waals surface area contributed by atoms with Crippen LogP contribution in [0.5, 0.6) is 0 Å². The first-order valence-electron chi connectivity index (χ1n) is 6.73. The van der Waals surface area contributed by atoms with Crippen LogP contribution in [0.4, 0.5) is 5.69 Å². The van der Waals surface area contributed by atoms with Gasteiger partial charge in [0.1, 0.15) is 10.5 Å². The molecule has 1 unspecified atom stereocenters. The highest BCUT2D eigenvalue weighted by Crippen LogP contribution is 2.19. The summed E-state index contributed by atoms with van der Waals surface area (Å²) >= 11 is 3.20. The minimum atomic E-state index is -0.970. The molecule has 2 aromatic rings. The molecule has 0 aliphatic rings. The van der Waals surface area contributed by atoms with Gasteiger partial charge in [0.05, 0.1) is 11.9 Å². The molecule has 2 heterocycles. The normalized spacial score (nSPS) is 11.9. The van der Waals surface area contributed by atoms with E-state index in [0.717, 1.165) is 4.68 Å². The molecule has 22 heavy (non-hydrogen) atoms. The standard InChI is InChI=1S/C14H15BrN4O3/c1-2-5-9(14(21)22)18-10-8-17-19(13(20)12(10)15)11-6-3-4-7-16-11/h3-4,6-9,18H,2,5H2,1H3,(H,21,22). The predicted octanol–water partition coefficient (Wildman–Crippen LogP) is 2.06. The lowest BCUT2D eigenvalue weighted by atomic mass is 10.1. The van der Waals surface area contributed by atoms with E-state index in [4.69, 9.17) is 5.11 Å². The number of aromatic nitrogens is 3. The average molecular weight is 367 g/mol. The quantitative estimate of drug-likeness (QED) is 0.811. The minimum absolute atomic E-state index is 0.218. The van der Waals surface area contributed by atoms with E-state index in [2.05, 4.69) is 31.3 Å². The molecule has 0 fully saturated rings. The summed E-state index contributed by atoms with van der Waals surface area (Å²) in [6, 6.07) is 4.37. The molecule has 0 aliphatic heterocycles. The van der Waals surface area contributed by atoms with Crippen LogP contribution in [0.15, 0.2) is 39.9 Å². The van der Waals surface area contributed by atoms with E-state index in [9.17, 15) is 9.59 Å². The molecule has 0 bridgehead atoms. The van der Waals surface area contributed by atoms with Crippen LogP contribution in [0.25, 0.3) is 5.82 Å². The first-order valence-corrected chi connectivity index (χ1v) is 7.52. The van der Waals surface area contributed by atoms with Crippen molar-refractivity contribution >= 4 is 27.6 Å². The number of pyridine rings is 1. The monoisotopic (exact) mass is 366 g/mol. The molecule has 2 N–H and O–H groups in total. The van der Waals surface area contributed by atoms with Gasteiger partial charge < -0.3 is 10.4 Å². The van der Waals surface area contributed by atoms with Crippen LogP contribution in [0.3, 0.4) is 0 Å². The van der Waals surface area contributed by atoms with Crippen molar-refractivity contribution in [2.75, 3.05) is 5.32 Å². The smallest absolute Gasteiger partial charge is 0.326 e. The van der Waals surface area contributed by atoms with Crippen LogP contribution >= 0.6 is 15.9 Å². The summed E-state index contributed by atoms with van der Waals surface area (Å²) in [6.45, 7) is 1.89. The first-order chi connectivity index (χ1) is 10.5. The Kier molecular flexibility index (Phi) is 5.26. The van der Waals surface area contributed by atoms with Crippen LogP contribution < -0.4 is 10.9 Å². The molecule has 0 amide bonds. The van der Waals surface area contributed by atoms with Gasteiger partial charge in [0.15, 0.2) is 5.82 Å². The fourth-order valence-electron chi connectivity index (χ4n) is 1.91. The van der Waals surface area contributed by atoms with Crippen molar-refractivity contribution in [3.05, 3.63) is 45.4 Å². The third-order valence-electron chi connectivity index (χ3n) is 2.99. The maximum absolute atomic E-state index is 12.3. The Morgan fingerprint density at radius 1 is 1.50 bits per heavy atom. The third-order valence-corrected chi connectivity index (χ3v) is 3.76. The van der Waals surface area contributed by atoms with Gasteiger partial charge in [0, 0.05) is 6.20 Å². The number of carbonyl (C=O) groups is 1. The first kappa shape index (κ1) is 16.2. The molecular formula is C14H15BrN4O3. The highest BCUT2D eigenvalue weighted by atomic mass is 79.9. The van der Waals surface area contributed by atoms with Crippen LogP contribution in [0, 0.1) is 0 Å². The maximum atomic E-state index is 12.3. The Labute approximate surface area is 135 Å². The van der Waals surface area contributed by atoms with Crippen LogP contribution in [0.1, 0.15) is 19.8 Å². The number of anilines is 1. The molecule has 0 aliphatic carbocycles. The summed E-state index contributed by atoms with van der Waals surface area (Å²) in [5.41, 5.74) is -0.0673. The van der Waals surface area contributed by atoms with Gasteiger partial charge in [-0.1, -0.05) is 19.4 Å². The van der Waals surface area contributed by atoms with Gasteiger partial charge in [-0.15, -0.1) is 0 Å². The van der Waals surface area contributed by atoms with Crippen molar-refractivity contribution in [3.8, 4) is 5.82 Å². The summed E-state index contributed by atoms with van der Waals surface area (Å²) < 4.78 is 1.36. The number of rotatable bonds is 6. The van der Waals surface area contributed by atoms with Gasteiger partial charge in [-0.2, -0.15) is 9.78 Å². The number of nitrogens with zero attached hydrogens (tertiary/aromatic N) is 3. The summed E-state index contributed by atoms with van der Waals surface area (Å²) in [5.74, 6) is -0.578. The molecule has 0 saturated carbocycles. The van der Waals surface area contributed by atoms with Crippen LogP contribution in [0.2, 0.25) is 0 Å². The number of carboxylic acids is 1. The molecule has 0 spiro atoms. The minimum Gasteiger partial charge on any atom is -0.480 e. The summed E-state index contributed by atoms with van der Waals surface area (Å²) in [4.78, 5) is 27.6. The lowest BCUT2D eigenvalue weighted by Gasteiger charge is -2.16. The Hall–Kier alpha value is -2.22. The van der Waals surface area contributed by atoms with Crippen molar-refractivity contribution in [2.24, 2.45) is 0 Å². The summed E-state index contributed by atoms with van der Waals surface area (Å²) in [5, 5.41) is 16.0. The Morgan fingerprint density at radius 3 is 2.86 bits per heavy atom. The van der Waals surface area contributed by atoms with Crippen molar-refractivity contribution in [2.45, 2.75) is 25.8 Å². The lowest BCUT2D eigenvalue weighted by molar-refractivity contribution is -0.138. The van der Waals surface area contributed by atoms with Gasteiger partial charge in [-0.25, -0.2) is 9.78 Å². The molecule has 7 nitrogen and oxygen atoms in total. The van der Waals surface area contributed by atoms with E-state index >= 15 is 0 Å². The Bertz CT molecular complexity index is 718. The fraction of sp³-hybridized carbons (Fsp3) is 0.286. The molecule has 116 valence electrons. The number of nitrogens with one attached hydrogen (secondary N) is 1.